The molecular weight excluding hydrogens is 426 g/mol. The van der Waals surface area contributed by atoms with Gasteiger partial charge in [-0.25, -0.2) is 14.6 Å². The maximum absolute atomic E-state index is 12.4. The summed E-state index contributed by atoms with van der Waals surface area (Å²) in [7, 11) is 1.53. The second-order valence-electron chi connectivity index (χ2n) is 7.63. The molecule has 3 N–H and O–H groups in total. The summed E-state index contributed by atoms with van der Waals surface area (Å²) in [6.45, 7) is 3.71. The molecule has 2 aromatic rings. The van der Waals surface area contributed by atoms with Gasteiger partial charge in [0.05, 0.1) is 12.2 Å². The van der Waals surface area contributed by atoms with E-state index in [4.69, 9.17) is 9.47 Å². The molecule has 10 nitrogen and oxygen atoms in total. The Labute approximate surface area is 192 Å². The Balaban J connectivity index is 1.44. The summed E-state index contributed by atoms with van der Waals surface area (Å²) in [5.74, 6) is -0.128. The topological polar surface area (TPSA) is 122 Å². The van der Waals surface area contributed by atoms with Crippen molar-refractivity contribution in [3.8, 4) is 0 Å². The van der Waals surface area contributed by atoms with Gasteiger partial charge in [-0.15, -0.1) is 0 Å². The minimum atomic E-state index is -0.935. The third kappa shape index (κ3) is 7.18. The molecule has 1 fully saturated rings. The van der Waals surface area contributed by atoms with Crippen LogP contribution in [0.25, 0.3) is 0 Å². The second kappa shape index (κ2) is 11.8. The van der Waals surface area contributed by atoms with E-state index >= 15 is 0 Å². The van der Waals surface area contributed by atoms with Crippen LogP contribution in [0.2, 0.25) is 0 Å². The van der Waals surface area contributed by atoms with Crippen LogP contribution in [0.5, 0.6) is 0 Å². The molecule has 1 aliphatic rings. The van der Waals surface area contributed by atoms with Gasteiger partial charge in [-0.3, -0.25) is 4.79 Å². The van der Waals surface area contributed by atoms with Crippen LogP contribution in [0.15, 0.2) is 48.7 Å². The lowest BCUT2D eigenvalue weighted by Crippen LogP contribution is -2.39. The number of amides is 3. The number of ether oxygens (including phenoxy) is 2. The number of nitrogens with zero attached hydrogens (tertiary/aromatic N) is 2. The molecule has 176 valence electrons. The molecule has 1 aliphatic heterocycles. The monoisotopic (exact) mass is 455 g/mol. The van der Waals surface area contributed by atoms with Gasteiger partial charge in [0.15, 0.2) is 6.10 Å². The molecule has 0 aliphatic carbocycles. The number of urea groups is 1. The standard InChI is InChI=1S/C23H29N5O5/c1-16(21(29)25-12-14-32-2)33-22(30)17-6-8-18(9-7-17)26-23(31)27-19-10-13-28(15-19)20-5-3-4-11-24-20/h3-9,11,16,19H,10,12-15H2,1-2H3,(H,25,29)(H2,26,27,31). The van der Waals surface area contributed by atoms with Gasteiger partial charge in [-0.05, 0) is 49.7 Å². The Hall–Kier alpha value is -3.66. The third-order valence-corrected chi connectivity index (χ3v) is 5.13. The number of hydrogen-bond acceptors (Lipinski definition) is 7. The van der Waals surface area contributed by atoms with Crippen LogP contribution < -0.4 is 20.9 Å². The molecule has 1 aromatic heterocycles. The number of esters is 1. The van der Waals surface area contributed by atoms with E-state index in [2.05, 4.69) is 25.8 Å². The van der Waals surface area contributed by atoms with E-state index in [1.165, 1.54) is 26.2 Å². The summed E-state index contributed by atoms with van der Waals surface area (Å²) < 4.78 is 10.0. The minimum Gasteiger partial charge on any atom is -0.449 e. The predicted molar refractivity (Wildman–Crippen MR) is 123 cm³/mol. The fourth-order valence-corrected chi connectivity index (χ4v) is 3.37. The van der Waals surface area contributed by atoms with Gasteiger partial charge in [-0.1, -0.05) is 6.07 Å². The largest absolute Gasteiger partial charge is 0.449 e. The van der Waals surface area contributed by atoms with E-state index in [0.717, 1.165) is 18.8 Å². The van der Waals surface area contributed by atoms with Crippen LogP contribution in [-0.4, -0.2) is 68.4 Å². The number of nitrogens with one attached hydrogen (secondary N) is 3. The molecule has 1 aromatic carbocycles. The highest BCUT2D eigenvalue weighted by Gasteiger charge is 2.24. The van der Waals surface area contributed by atoms with E-state index < -0.39 is 18.0 Å². The third-order valence-electron chi connectivity index (χ3n) is 5.13. The number of methoxy groups -OCH3 is 1. The normalized spacial score (nSPS) is 16.1. The molecule has 2 unspecified atom stereocenters. The summed E-state index contributed by atoms with van der Waals surface area (Å²) in [5.41, 5.74) is 0.813. The summed E-state index contributed by atoms with van der Waals surface area (Å²) in [4.78, 5) is 43.0. The average Bonchev–Trinajstić information content (AvgIpc) is 3.28. The summed E-state index contributed by atoms with van der Waals surface area (Å²) >= 11 is 0. The molecule has 10 heteroatoms. The Morgan fingerprint density at radius 3 is 2.67 bits per heavy atom. The van der Waals surface area contributed by atoms with Crippen LogP contribution in [0.1, 0.15) is 23.7 Å². The molecule has 1 saturated heterocycles. The van der Waals surface area contributed by atoms with Gasteiger partial charge >= 0.3 is 12.0 Å². The molecule has 0 spiro atoms. The Morgan fingerprint density at radius 1 is 1.18 bits per heavy atom. The average molecular weight is 456 g/mol. The molecule has 0 bridgehead atoms. The van der Waals surface area contributed by atoms with Crippen molar-refractivity contribution in [2.75, 3.05) is 43.6 Å². The zero-order valence-electron chi connectivity index (χ0n) is 18.7. The maximum atomic E-state index is 12.4. The number of anilines is 2. The van der Waals surface area contributed by atoms with Crippen molar-refractivity contribution in [3.05, 3.63) is 54.2 Å². The van der Waals surface area contributed by atoms with Crippen LogP contribution in [0, 0.1) is 0 Å². The number of carbonyl (C=O) groups is 3. The van der Waals surface area contributed by atoms with Crippen LogP contribution in [-0.2, 0) is 14.3 Å². The zero-order valence-corrected chi connectivity index (χ0v) is 18.7. The van der Waals surface area contributed by atoms with Crippen molar-refractivity contribution < 1.29 is 23.9 Å². The summed E-state index contributed by atoms with van der Waals surface area (Å²) in [6, 6.07) is 11.7. The first kappa shape index (κ1) is 24.0. The summed E-state index contributed by atoms with van der Waals surface area (Å²) in [5, 5.41) is 8.33. The maximum Gasteiger partial charge on any atom is 0.338 e. The fraction of sp³-hybridized carbons (Fsp3) is 0.391. The number of aromatic nitrogens is 1. The molecule has 3 rings (SSSR count). The molecular formula is C23H29N5O5. The highest BCUT2D eigenvalue weighted by molar-refractivity contribution is 5.94. The van der Waals surface area contributed by atoms with Crippen molar-refractivity contribution in [2.24, 2.45) is 0 Å². The molecule has 2 atom stereocenters. The number of pyridine rings is 1. The Bertz CT molecular complexity index is 938. The van der Waals surface area contributed by atoms with Crippen LogP contribution >= 0.6 is 0 Å². The number of benzene rings is 1. The van der Waals surface area contributed by atoms with E-state index in [1.807, 2.05) is 18.2 Å². The van der Waals surface area contributed by atoms with Gasteiger partial charge in [0, 0.05) is 44.7 Å². The molecule has 0 saturated carbocycles. The number of hydrogen-bond donors (Lipinski definition) is 3. The highest BCUT2D eigenvalue weighted by Crippen LogP contribution is 2.17. The Morgan fingerprint density at radius 2 is 1.97 bits per heavy atom. The van der Waals surface area contributed by atoms with E-state index in [-0.39, 0.29) is 17.6 Å². The van der Waals surface area contributed by atoms with Gasteiger partial charge in [0.1, 0.15) is 5.82 Å². The van der Waals surface area contributed by atoms with Gasteiger partial charge in [-0.2, -0.15) is 0 Å². The lowest BCUT2D eigenvalue weighted by Gasteiger charge is -2.18. The predicted octanol–water partition coefficient (Wildman–Crippen LogP) is 1.79. The highest BCUT2D eigenvalue weighted by atomic mass is 16.5. The van der Waals surface area contributed by atoms with Crippen molar-refractivity contribution >= 4 is 29.4 Å². The smallest absolute Gasteiger partial charge is 0.338 e. The van der Waals surface area contributed by atoms with Crippen molar-refractivity contribution in [1.29, 1.82) is 0 Å². The van der Waals surface area contributed by atoms with Crippen molar-refractivity contribution in [1.82, 2.24) is 15.6 Å². The van der Waals surface area contributed by atoms with E-state index in [1.54, 1.807) is 18.3 Å². The number of rotatable bonds is 9. The van der Waals surface area contributed by atoms with Crippen LogP contribution in [0.4, 0.5) is 16.3 Å². The first-order chi connectivity index (χ1) is 16.0. The minimum absolute atomic E-state index is 0.0118. The molecule has 33 heavy (non-hydrogen) atoms. The van der Waals surface area contributed by atoms with Crippen molar-refractivity contribution in [3.63, 3.8) is 0 Å². The lowest BCUT2D eigenvalue weighted by molar-refractivity contribution is -0.129. The fourth-order valence-electron chi connectivity index (χ4n) is 3.37. The molecule has 0 radical (unpaired) electrons. The second-order valence-corrected chi connectivity index (χ2v) is 7.63. The van der Waals surface area contributed by atoms with E-state index in [0.29, 0.717) is 25.4 Å². The SMILES string of the molecule is COCCNC(=O)C(C)OC(=O)c1ccc(NC(=O)NC2CCN(c3ccccn3)C2)cc1. The zero-order chi connectivity index (χ0) is 23.6. The van der Waals surface area contributed by atoms with Gasteiger partial charge in [0.25, 0.3) is 5.91 Å². The van der Waals surface area contributed by atoms with Crippen LogP contribution in [0.3, 0.4) is 0 Å². The quantitative estimate of drug-likeness (QED) is 0.389. The first-order valence-corrected chi connectivity index (χ1v) is 10.8. The summed E-state index contributed by atoms with van der Waals surface area (Å²) in [6.07, 6.45) is 1.64. The van der Waals surface area contributed by atoms with Gasteiger partial charge < -0.3 is 30.3 Å². The van der Waals surface area contributed by atoms with Crippen molar-refractivity contribution in [2.45, 2.75) is 25.5 Å². The first-order valence-electron chi connectivity index (χ1n) is 10.8. The van der Waals surface area contributed by atoms with Gasteiger partial charge in [0.2, 0.25) is 0 Å². The van der Waals surface area contributed by atoms with E-state index in [9.17, 15) is 14.4 Å². The molecule has 3 amide bonds. The number of carbonyl (C=O) groups excluding carboxylic acids is 3. The lowest BCUT2D eigenvalue weighted by atomic mass is 10.2. The molecule has 2 heterocycles. The Kier molecular flexibility index (Phi) is 8.59.